The molecule has 0 unspecified atom stereocenters. The number of hydrogen-bond acceptors (Lipinski definition) is 6. The minimum absolute atomic E-state index is 0.0275. The molecule has 1 heterocycles. The van der Waals surface area contributed by atoms with Gasteiger partial charge in [-0.25, -0.2) is 4.98 Å². The van der Waals surface area contributed by atoms with E-state index in [2.05, 4.69) is 15.2 Å². The van der Waals surface area contributed by atoms with Crippen LogP contribution in [0.2, 0.25) is 5.02 Å². The van der Waals surface area contributed by atoms with Crippen LogP contribution < -0.4 is 9.84 Å². The quantitative estimate of drug-likeness (QED) is 0.570. The predicted octanol–water partition coefficient (Wildman–Crippen LogP) is 2.69. The Hall–Kier alpha value is -1.99. The van der Waals surface area contributed by atoms with Crippen LogP contribution in [0.1, 0.15) is 31.7 Å². The Morgan fingerprint density at radius 2 is 2.25 bits per heavy atom. The number of rotatable bonds is 8. The van der Waals surface area contributed by atoms with Gasteiger partial charge in [-0.2, -0.15) is 0 Å². The molecule has 0 amide bonds. The summed E-state index contributed by atoms with van der Waals surface area (Å²) in [6.07, 6.45) is 3.12. The smallest absolute Gasteiger partial charge is 0.213 e. The van der Waals surface area contributed by atoms with Crippen molar-refractivity contribution >= 4 is 35.4 Å². The minimum atomic E-state index is -1.32. The molecule has 0 saturated heterocycles. The summed E-state index contributed by atoms with van der Waals surface area (Å²) < 4.78 is 5.50. The third-order valence-electron chi connectivity index (χ3n) is 2.96. The van der Waals surface area contributed by atoms with Crippen molar-refractivity contribution in [3.63, 3.8) is 0 Å². The zero-order valence-corrected chi connectivity index (χ0v) is 14.9. The van der Waals surface area contributed by atoms with Crippen LogP contribution in [0.4, 0.5) is 0 Å². The number of carboxylic acids is 1. The summed E-state index contributed by atoms with van der Waals surface area (Å²) in [5.74, 6) is -0.0531. The zero-order valence-electron chi connectivity index (χ0n) is 13.3. The SMILES string of the molecule is CCCc1nc(S/C(=C\c2cc(Cl)ccc2OCC)C(=O)[O-])n[nH]1. The minimum Gasteiger partial charge on any atom is -0.544 e. The molecule has 2 aromatic rings. The molecule has 0 aliphatic heterocycles. The number of hydrogen-bond donors (Lipinski definition) is 1. The molecule has 2 rings (SSSR count). The summed E-state index contributed by atoms with van der Waals surface area (Å²) in [5.41, 5.74) is 0.556. The molecule has 0 aliphatic rings. The lowest BCUT2D eigenvalue weighted by Crippen LogP contribution is -2.23. The van der Waals surface area contributed by atoms with Crippen molar-refractivity contribution < 1.29 is 14.6 Å². The first-order chi connectivity index (χ1) is 11.5. The van der Waals surface area contributed by atoms with Crippen molar-refractivity contribution in [2.45, 2.75) is 31.8 Å². The summed E-state index contributed by atoms with van der Waals surface area (Å²) in [6, 6.07) is 5.01. The van der Waals surface area contributed by atoms with Gasteiger partial charge in [-0.05, 0) is 49.4 Å². The maximum Gasteiger partial charge on any atom is 0.213 e. The van der Waals surface area contributed by atoms with E-state index in [1.165, 1.54) is 6.08 Å². The van der Waals surface area contributed by atoms with Crippen LogP contribution in [0, 0.1) is 0 Å². The molecule has 1 aromatic heterocycles. The van der Waals surface area contributed by atoms with E-state index in [4.69, 9.17) is 16.3 Å². The van der Waals surface area contributed by atoms with E-state index >= 15 is 0 Å². The number of nitrogens with one attached hydrogen (secondary N) is 1. The lowest BCUT2D eigenvalue weighted by atomic mass is 10.2. The second-order valence-corrected chi connectivity index (χ2v) is 6.27. The number of halogens is 1. The highest BCUT2D eigenvalue weighted by Gasteiger charge is 2.10. The lowest BCUT2D eigenvalue weighted by Gasteiger charge is -2.10. The van der Waals surface area contributed by atoms with Gasteiger partial charge in [0.1, 0.15) is 11.6 Å². The molecule has 0 radical (unpaired) electrons. The van der Waals surface area contributed by atoms with Crippen LogP contribution in [0.5, 0.6) is 5.75 Å². The predicted molar refractivity (Wildman–Crippen MR) is 91.8 cm³/mol. The summed E-state index contributed by atoms with van der Waals surface area (Å²) in [5, 5.41) is 19.1. The number of aromatic nitrogens is 3. The van der Waals surface area contributed by atoms with Gasteiger partial charge in [0, 0.05) is 21.9 Å². The largest absolute Gasteiger partial charge is 0.544 e. The highest BCUT2D eigenvalue weighted by molar-refractivity contribution is 8.04. The number of H-pyrrole nitrogens is 1. The third kappa shape index (κ3) is 5.01. The Morgan fingerprint density at radius 1 is 1.46 bits per heavy atom. The van der Waals surface area contributed by atoms with Gasteiger partial charge >= 0.3 is 0 Å². The second-order valence-electron chi connectivity index (χ2n) is 4.83. The Labute approximate surface area is 149 Å². The standard InChI is InChI=1S/C16H18ClN3O3S/c1-3-5-14-18-16(20-19-14)24-13(15(21)22)9-10-8-11(17)6-7-12(10)23-4-2/h6-9H,3-5H2,1-2H3,(H,21,22)(H,18,19,20)/p-1/b13-9-. The highest BCUT2D eigenvalue weighted by atomic mass is 35.5. The second kappa shape index (κ2) is 8.75. The molecule has 0 spiro atoms. The number of carbonyl (C=O) groups is 1. The Morgan fingerprint density at radius 3 is 2.92 bits per heavy atom. The Bertz CT molecular complexity index is 746. The van der Waals surface area contributed by atoms with Gasteiger partial charge in [-0.3, -0.25) is 5.10 Å². The van der Waals surface area contributed by atoms with Crippen LogP contribution in [0.15, 0.2) is 28.3 Å². The lowest BCUT2D eigenvalue weighted by molar-refractivity contribution is -0.297. The van der Waals surface area contributed by atoms with E-state index < -0.39 is 5.97 Å². The van der Waals surface area contributed by atoms with Gasteiger partial charge in [0.25, 0.3) is 0 Å². The van der Waals surface area contributed by atoms with Gasteiger partial charge in [0.2, 0.25) is 5.16 Å². The first-order valence-electron chi connectivity index (χ1n) is 7.48. The number of ether oxygens (including phenoxy) is 1. The molecule has 1 aromatic carbocycles. The van der Waals surface area contributed by atoms with Crippen LogP contribution >= 0.6 is 23.4 Å². The number of nitrogens with zero attached hydrogens (tertiary/aromatic N) is 2. The maximum absolute atomic E-state index is 11.5. The van der Waals surface area contributed by atoms with Gasteiger partial charge < -0.3 is 14.6 Å². The van der Waals surface area contributed by atoms with E-state index in [1.54, 1.807) is 18.2 Å². The third-order valence-corrected chi connectivity index (χ3v) is 4.06. The van der Waals surface area contributed by atoms with E-state index in [0.717, 1.165) is 30.4 Å². The zero-order chi connectivity index (χ0) is 17.5. The maximum atomic E-state index is 11.5. The number of aliphatic carboxylic acids is 1. The topological polar surface area (TPSA) is 90.9 Å². The average Bonchev–Trinajstić information content (AvgIpc) is 2.97. The van der Waals surface area contributed by atoms with E-state index in [0.29, 0.717) is 28.1 Å². The molecule has 0 fully saturated rings. The van der Waals surface area contributed by atoms with Crippen LogP contribution in [-0.4, -0.2) is 27.8 Å². The molecule has 8 heteroatoms. The number of benzene rings is 1. The number of carboxylic acid groups (broad SMARTS) is 1. The van der Waals surface area contributed by atoms with Gasteiger partial charge in [-0.1, -0.05) is 18.5 Å². The fraction of sp³-hybridized carbons (Fsp3) is 0.312. The summed E-state index contributed by atoms with van der Waals surface area (Å²) in [7, 11) is 0. The van der Waals surface area contributed by atoms with Crippen molar-refractivity contribution in [1.29, 1.82) is 0 Å². The first kappa shape index (κ1) is 18.4. The first-order valence-corrected chi connectivity index (χ1v) is 8.67. The molecular formula is C16H17ClN3O3S-. The number of aromatic amines is 1. The molecule has 0 saturated carbocycles. The number of aryl methyl sites for hydroxylation is 1. The summed E-state index contributed by atoms with van der Waals surface area (Å²) in [6.45, 7) is 4.33. The van der Waals surface area contributed by atoms with Gasteiger partial charge in [0.15, 0.2) is 0 Å². The molecule has 0 atom stereocenters. The Kier molecular flexibility index (Phi) is 6.69. The average molecular weight is 367 g/mol. The molecular weight excluding hydrogens is 350 g/mol. The van der Waals surface area contributed by atoms with E-state index in [1.807, 2.05) is 13.8 Å². The highest BCUT2D eigenvalue weighted by Crippen LogP contribution is 2.30. The Balaban J connectivity index is 2.31. The van der Waals surface area contributed by atoms with Crippen LogP contribution in [0.25, 0.3) is 6.08 Å². The van der Waals surface area contributed by atoms with E-state index in [-0.39, 0.29) is 4.91 Å². The molecule has 0 aliphatic carbocycles. The van der Waals surface area contributed by atoms with Crippen molar-refractivity contribution in [3.05, 3.63) is 39.5 Å². The number of carbonyl (C=O) groups excluding carboxylic acids is 1. The monoisotopic (exact) mass is 366 g/mol. The fourth-order valence-corrected chi connectivity index (χ4v) is 2.85. The molecule has 1 N–H and O–H groups in total. The molecule has 128 valence electrons. The van der Waals surface area contributed by atoms with Crippen molar-refractivity contribution in [1.82, 2.24) is 15.2 Å². The number of thioether (sulfide) groups is 1. The molecule has 24 heavy (non-hydrogen) atoms. The fourth-order valence-electron chi connectivity index (χ4n) is 1.96. The van der Waals surface area contributed by atoms with E-state index in [9.17, 15) is 9.90 Å². The normalized spacial score (nSPS) is 11.5. The van der Waals surface area contributed by atoms with Gasteiger partial charge in [0.05, 0.1) is 12.6 Å². The van der Waals surface area contributed by atoms with Crippen molar-refractivity contribution in [2.24, 2.45) is 0 Å². The molecule has 6 nitrogen and oxygen atoms in total. The summed E-state index contributed by atoms with van der Waals surface area (Å²) >= 11 is 6.91. The van der Waals surface area contributed by atoms with Crippen LogP contribution in [0.3, 0.4) is 0 Å². The molecule has 0 bridgehead atoms. The summed E-state index contributed by atoms with van der Waals surface area (Å²) in [4.78, 5) is 15.7. The van der Waals surface area contributed by atoms with Crippen molar-refractivity contribution in [2.75, 3.05) is 6.61 Å². The van der Waals surface area contributed by atoms with Crippen LogP contribution in [-0.2, 0) is 11.2 Å². The van der Waals surface area contributed by atoms with Gasteiger partial charge in [-0.15, -0.1) is 5.10 Å². The van der Waals surface area contributed by atoms with Crippen molar-refractivity contribution in [3.8, 4) is 5.75 Å².